The molecule has 1 heterocycles. The number of hydrogen-bond acceptors (Lipinski definition) is 2. The normalized spacial score (nSPS) is 10.3. The van der Waals surface area contributed by atoms with Crippen molar-refractivity contribution >= 4 is 11.6 Å². The van der Waals surface area contributed by atoms with Crippen LogP contribution in [-0.2, 0) is 5.88 Å². The van der Waals surface area contributed by atoms with Crippen molar-refractivity contribution in [3.05, 3.63) is 53.6 Å². The number of rotatable bonds is 3. The molecule has 0 N–H and O–H groups in total. The van der Waals surface area contributed by atoms with E-state index in [1.54, 1.807) is 37.4 Å². The van der Waals surface area contributed by atoms with Crippen molar-refractivity contribution in [1.82, 2.24) is 4.98 Å². The molecule has 4 heteroatoms. The van der Waals surface area contributed by atoms with Gasteiger partial charge in [-0.25, -0.2) is 4.39 Å². The smallest absolute Gasteiger partial charge is 0.168 e. The molecule has 0 saturated heterocycles. The second-order valence-corrected chi connectivity index (χ2v) is 3.87. The third-order valence-electron chi connectivity index (χ3n) is 2.39. The maximum atomic E-state index is 13.7. The standard InChI is InChI=1S/C13H11ClFNO/c1-9-3-2-4-11(13(9)15)17-12-8-16-6-5-10(12)7-14/h2-6,8H,7H2,1H3. The summed E-state index contributed by atoms with van der Waals surface area (Å²) in [4.78, 5) is 3.94. The quantitative estimate of drug-likeness (QED) is 0.768. The summed E-state index contributed by atoms with van der Waals surface area (Å²) in [6.07, 6.45) is 3.15. The van der Waals surface area contributed by atoms with Gasteiger partial charge in [0.2, 0.25) is 0 Å². The average Bonchev–Trinajstić information content (AvgIpc) is 2.35. The first-order valence-corrected chi connectivity index (χ1v) is 5.67. The minimum absolute atomic E-state index is 0.185. The zero-order chi connectivity index (χ0) is 12.3. The lowest BCUT2D eigenvalue weighted by Crippen LogP contribution is -1.94. The lowest BCUT2D eigenvalue weighted by Gasteiger charge is -2.10. The average molecular weight is 252 g/mol. The maximum Gasteiger partial charge on any atom is 0.168 e. The van der Waals surface area contributed by atoms with Crippen LogP contribution in [0.3, 0.4) is 0 Å². The molecule has 2 nitrogen and oxygen atoms in total. The Morgan fingerprint density at radius 3 is 2.88 bits per heavy atom. The van der Waals surface area contributed by atoms with Crippen molar-refractivity contribution in [3.8, 4) is 11.5 Å². The van der Waals surface area contributed by atoms with E-state index in [4.69, 9.17) is 16.3 Å². The Balaban J connectivity index is 2.35. The fourth-order valence-electron chi connectivity index (χ4n) is 1.43. The van der Waals surface area contributed by atoms with Gasteiger partial charge in [0.05, 0.1) is 12.1 Å². The number of benzene rings is 1. The molecule has 0 bridgehead atoms. The lowest BCUT2D eigenvalue weighted by molar-refractivity contribution is 0.435. The molecular formula is C13H11ClFNO. The molecule has 1 aromatic heterocycles. The van der Waals surface area contributed by atoms with E-state index in [9.17, 15) is 4.39 Å². The molecule has 2 aromatic rings. The van der Waals surface area contributed by atoms with Crippen LogP contribution in [-0.4, -0.2) is 4.98 Å². The van der Waals surface area contributed by atoms with Crippen LogP contribution >= 0.6 is 11.6 Å². The van der Waals surface area contributed by atoms with E-state index in [0.717, 1.165) is 5.56 Å². The van der Waals surface area contributed by atoms with Crippen LogP contribution in [0.15, 0.2) is 36.7 Å². The first kappa shape index (κ1) is 11.9. The molecule has 0 saturated carbocycles. The van der Waals surface area contributed by atoms with Crippen LogP contribution in [0.25, 0.3) is 0 Å². The number of pyridine rings is 1. The Morgan fingerprint density at radius 1 is 1.29 bits per heavy atom. The summed E-state index contributed by atoms with van der Waals surface area (Å²) in [5.41, 5.74) is 1.32. The number of aryl methyl sites for hydroxylation is 1. The second-order valence-electron chi connectivity index (χ2n) is 3.61. The third kappa shape index (κ3) is 2.56. The van der Waals surface area contributed by atoms with Crippen LogP contribution < -0.4 is 4.74 Å². The van der Waals surface area contributed by atoms with Gasteiger partial charge in [-0.2, -0.15) is 0 Å². The van der Waals surface area contributed by atoms with E-state index in [1.165, 1.54) is 6.20 Å². The van der Waals surface area contributed by atoms with Gasteiger partial charge < -0.3 is 4.74 Å². The largest absolute Gasteiger partial charge is 0.452 e. The topological polar surface area (TPSA) is 22.1 Å². The Hall–Kier alpha value is -1.61. The summed E-state index contributed by atoms with van der Waals surface area (Å²) in [5, 5.41) is 0. The summed E-state index contributed by atoms with van der Waals surface area (Å²) in [6.45, 7) is 1.69. The molecule has 0 atom stereocenters. The van der Waals surface area contributed by atoms with Crippen molar-refractivity contribution in [1.29, 1.82) is 0 Å². The number of halogens is 2. The summed E-state index contributed by atoms with van der Waals surface area (Å²) < 4.78 is 19.2. The van der Waals surface area contributed by atoms with E-state index in [2.05, 4.69) is 4.98 Å². The molecular weight excluding hydrogens is 241 g/mol. The fraction of sp³-hybridized carbons (Fsp3) is 0.154. The van der Waals surface area contributed by atoms with E-state index < -0.39 is 0 Å². The van der Waals surface area contributed by atoms with Gasteiger partial charge in [0.1, 0.15) is 5.75 Å². The molecule has 0 aliphatic carbocycles. The molecule has 88 valence electrons. The van der Waals surface area contributed by atoms with Gasteiger partial charge in [-0.15, -0.1) is 11.6 Å². The Morgan fingerprint density at radius 2 is 2.12 bits per heavy atom. The lowest BCUT2D eigenvalue weighted by atomic mass is 10.2. The predicted molar refractivity (Wildman–Crippen MR) is 65.0 cm³/mol. The molecule has 0 radical (unpaired) electrons. The Labute approximate surface area is 104 Å². The number of ether oxygens (including phenoxy) is 1. The molecule has 0 fully saturated rings. The van der Waals surface area contributed by atoms with Crippen LogP contribution in [0.2, 0.25) is 0 Å². The molecule has 0 aliphatic rings. The Bertz CT molecular complexity index is 531. The number of nitrogens with zero attached hydrogens (tertiary/aromatic N) is 1. The first-order chi connectivity index (χ1) is 8.22. The summed E-state index contributed by atoms with van der Waals surface area (Å²) in [6, 6.07) is 6.75. The monoisotopic (exact) mass is 251 g/mol. The highest BCUT2D eigenvalue weighted by Gasteiger charge is 2.09. The number of alkyl halides is 1. The minimum atomic E-state index is -0.364. The van der Waals surface area contributed by atoms with Crippen LogP contribution in [0.5, 0.6) is 11.5 Å². The fourth-order valence-corrected chi connectivity index (χ4v) is 1.65. The molecule has 0 amide bonds. The molecule has 17 heavy (non-hydrogen) atoms. The molecule has 0 aliphatic heterocycles. The highest BCUT2D eigenvalue weighted by atomic mass is 35.5. The minimum Gasteiger partial charge on any atom is -0.452 e. The van der Waals surface area contributed by atoms with Crippen molar-refractivity contribution in [3.63, 3.8) is 0 Å². The van der Waals surface area contributed by atoms with Crippen molar-refractivity contribution in [2.75, 3.05) is 0 Å². The zero-order valence-electron chi connectivity index (χ0n) is 9.28. The van der Waals surface area contributed by atoms with Gasteiger partial charge in [-0.1, -0.05) is 12.1 Å². The van der Waals surface area contributed by atoms with Crippen LogP contribution in [0.1, 0.15) is 11.1 Å². The first-order valence-electron chi connectivity index (χ1n) is 5.14. The van der Waals surface area contributed by atoms with Gasteiger partial charge in [0.15, 0.2) is 11.6 Å². The summed E-state index contributed by atoms with van der Waals surface area (Å²) in [7, 11) is 0. The van der Waals surface area contributed by atoms with Crippen LogP contribution in [0, 0.1) is 12.7 Å². The maximum absolute atomic E-state index is 13.7. The van der Waals surface area contributed by atoms with Crippen molar-refractivity contribution in [2.45, 2.75) is 12.8 Å². The van der Waals surface area contributed by atoms with Gasteiger partial charge in [-0.05, 0) is 24.6 Å². The second kappa shape index (κ2) is 5.15. The zero-order valence-corrected chi connectivity index (χ0v) is 10.0. The van der Waals surface area contributed by atoms with Crippen LogP contribution in [0.4, 0.5) is 4.39 Å². The highest BCUT2D eigenvalue weighted by Crippen LogP contribution is 2.28. The van der Waals surface area contributed by atoms with Gasteiger partial charge in [-0.3, -0.25) is 4.98 Å². The molecule has 2 rings (SSSR count). The van der Waals surface area contributed by atoms with Gasteiger partial charge >= 0.3 is 0 Å². The van der Waals surface area contributed by atoms with E-state index >= 15 is 0 Å². The van der Waals surface area contributed by atoms with E-state index in [-0.39, 0.29) is 11.6 Å². The van der Waals surface area contributed by atoms with Crippen molar-refractivity contribution in [2.24, 2.45) is 0 Å². The van der Waals surface area contributed by atoms with Crippen molar-refractivity contribution < 1.29 is 9.13 Å². The van der Waals surface area contributed by atoms with Gasteiger partial charge in [0.25, 0.3) is 0 Å². The Kier molecular flexibility index (Phi) is 3.59. The number of aromatic nitrogens is 1. The summed E-state index contributed by atoms with van der Waals surface area (Å²) >= 11 is 5.77. The number of hydrogen-bond donors (Lipinski definition) is 0. The van der Waals surface area contributed by atoms with E-state index in [0.29, 0.717) is 17.2 Å². The SMILES string of the molecule is Cc1cccc(Oc2cnccc2CCl)c1F. The molecule has 0 spiro atoms. The molecule has 0 unspecified atom stereocenters. The third-order valence-corrected chi connectivity index (χ3v) is 2.68. The van der Waals surface area contributed by atoms with Gasteiger partial charge in [0, 0.05) is 11.8 Å². The molecule has 1 aromatic carbocycles. The predicted octanol–water partition coefficient (Wildman–Crippen LogP) is 4.06. The highest BCUT2D eigenvalue weighted by molar-refractivity contribution is 6.17. The summed E-state index contributed by atoms with van der Waals surface area (Å²) in [5.74, 6) is 0.596. The van der Waals surface area contributed by atoms with E-state index in [1.807, 2.05) is 0 Å².